The average molecular weight is 372 g/mol. The number of hydrogen-bond acceptors (Lipinski definition) is 4. The summed E-state index contributed by atoms with van der Waals surface area (Å²) in [5, 5.41) is 11.5. The van der Waals surface area contributed by atoms with Crippen molar-refractivity contribution in [3.05, 3.63) is 0 Å². The quantitative estimate of drug-likeness (QED) is 0.152. The number of nitrogens with one attached hydrogen (secondary N) is 1. The van der Waals surface area contributed by atoms with Gasteiger partial charge in [0.25, 0.3) is 0 Å². The molecule has 0 saturated carbocycles. The molecule has 0 aromatic rings. The molecule has 4 nitrogen and oxygen atoms in total. The topological polar surface area (TPSA) is 58.6 Å². The summed E-state index contributed by atoms with van der Waals surface area (Å²) >= 11 is 0. The first-order valence-electron chi connectivity index (χ1n) is 11.2. The lowest BCUT2D eigenvalue weighted by atomic mass is 9.94. The summed E-state index contributed by atoms with van der Waals surface area (Å²) in [4.78, 5) is 15.4. The third-order valence-electron chi connectivity index (χ3n) is 5.62. The second-order valence-electron chi connectivity index (χ2n) is 8.01. The highest BCUT2D eigenvalue weighted by molar-refractivity contribution is 5.79. The van der Waals surface area contributed by atoms with Gasteiger partial charge in [0.05, 0.1) is 0 Å². The first-order chi connectivity index (χ1) is 12.6. The van der Waals surface area contributed by atoms with E-state index >= 15 is 0 Å². The Bertz CT molecular complexity index is 323. The van der Waals surface area contributed by atoms with Crippen molar-refractivity contribution >= 4 is 5.97 Å². The minimum Gasteiger partial charge on any atom is -0.305 e. The fourth-order valence-electron chi connectivity index (χ4n) is 3.46. The van der Waals surface area contributed by atoms with Crippen LogP contribution in [0.25, 0.3) is 0 Å². The molecule has 26 heavy (non-hydrogen) atoms. The molecule has 0 saturated heterocycles. The highest BCUT2D eigenvalue weighted by atomic mass is 17.1. The summed E-state index contributed by atoms with van der Waals surface area (Å²) in [6.07, 6.45) is 22.1. The second-order valence-corrected chi connectivity index (χ2v) is 8.01. The molecule has 0 bridgehead atoms. The van der Waals surface area contributed by atoms with Gasteiger partial charge < -0.3 is 5.32 Å². The largest absolute Gasteiger partial charge is 0.361 e. The standard InChI is InChI=1S/C22H45NO3/c1-4-5-6-7-8-9-10-11-12-13-14-15-16-17-18-19-20-22(2,23-3)21(24)26-25/h23,25H,4-20H2,1-3H3. The van der Waals surface area contributed by atoms with Crippen molar-refractivity contribution in [2.75, 3.05) is 7.05 Å². The van der Waals surface area contributed by atoms with Gasteiger partial charge in [-0.15, -0.1) is 0 Å². The van der Waals surface area contributed by atoms with Crippen LogP contribution in [0.2, 0.25) is 0 Å². The van der Waals surface area contributed by atoms with Crippen LogP contribution in [0.3, 0.4) is 0 Å². The average Bonchev–Trinajstić information content (AvgIpc) is 2.66. The van der Waals surface area contributed by atoms with Gasteiger partial charge in [-0.25, -0.2) is 4.79 Å². The second kappa shape index (κ2) is 17.8. The van der Waals surface area contributed by atoms with Crippen LogP contribution in [0.15, 0.2) is 0 Å². The molecule has 0 radical (unpaired) electrons. The Morgan fingerprint density at radius 3 is 1.42 bits per heavy atom. The van der Waals surface area contributed by atoms with E-state index in [0.29, 0.717) is 6.42 Å². The summed E-state index contributed by atoms with van der Waals surface area (Å²) < 4.78 is 0. The first-order valence-corrected chi connectivity index (χ1v) is 11.2. The van der Waals surface area contributed by atoms with Crippen LogP contribution < -0.4 is 5.32 Å². The predicted octanol–water partition coefficient (Wildman–Crippen LogP) is 6.63. The molecule has 0 aliphatic heterocycles. The maximum absolute atomic E-state index is 11.5. The van der Waals surface area contributed by atoms with Gasteiger partial charge in [0.2, 0.25) is 0 Å². The van der Waals surface area contributed by atoms with Crippen LogP contribution >= 0.6 is 0 Å². The van der Waals surface area contributed by atoms with Crippen molar-refractivity contribution in [2.24, 2.45) is 0 Å². The Balaban J connectivity index is 3.30. The normalized spacial score (nSPS) is 13.5. The SMILES string of the molecule is CCCCCCCCCCCCCCCCCCC(C)(NC)C(=O)OO. The molecule has 2 N–H and O–H groups in total. The Kier molecular flexibility index (Phi) is 17.4. The van der Waals surface area contributed by atoms with Crippen molar-refractivity contribution in [3.8, 4) is 0 Å². The Morgan fingerprint density at radius 1 is 0.769 bits per heavy atom. The molecule has 0 aromatic heterocycles. The zero-order chi connectivity index (χ0) is 19.5. The summed E-state index contributed by atoms with van der Waals surface area (Å²) in [5.74, 6) is -0.596. The molecule has 0 aliphatic carbocycles. The molecule has 156 valence electrons. The molecular formula is C22H45NO3. The lowest BCUT2D eigenvalue weighted by Gasteiger charge is -2.24. The number of rotatable bonds is 19. The molecule has 0 rings (SSSR count). The Labute approximate surface area is 162 Å². The minimum atomic E-state index is -0.773. The van der Waals surface area contributed by atoms with E-state index < -0.39 is 11.5 Å². The highest BCUT2D eigenvalue weighted by Gasteiger charge is 2.32. The zero-order valence-corrected chi connectivity index (χ0v) is 17.8. The summed E-state index contributed by atoms with van der Waals surface area (Å²) in [7, 11) is 1.73. The minimum absolute atomic E-state index is 0.596. The van der Waals surface area contributed by atoms with E-state index in [0.717, 1.165) is 12.8 Å². The zero-order valence-electron chi connectivity index (χ0n) is 17.8. The van der Waals surface area contributed by atoms with Crippen LogP contribution in [-0.2, 0) is 9.68 Å². The van der Waals surface area contributed by atoms with Gasteiger partial charge >= 0.3 is 5.97 Å². The van der Waals surface area contributed by atoms with E-state index in [9.17, 15) is 4.79 Å². The van der Waals surface area contributed by atoms with Crippen LogP contribution in [-0.4, -0.2) is 23.8 Å². The van der Waals surface area contributed by atoms with E-state index in [2.05, 4.69) is 17.1 Å². The van der Waals surface area contributed by atoms with Gasteiger partial charge in [-0.2, -0.15) is 5.26 Å². The molecule has 4 heteroatoms. The molecule has 0 heterocycles. The van der Waals surface area contributed by atoms with Crippen molar-refractivity contribution in [3.63, 3.8) is 0 Å². The predicted molar refractivity (Wildman–Crippen MR) is 110 cm³/mol. The number of unbranched alkanes of at least 4 members (excludes halogenated alkanes) is 15. The smallest absolute Gasteiger partial charge is 0.305 e. The lowest BCUT2D eigenvalue weighted by molar-refractivity contribution is -0.241. The molecule has 0 aliphatic rings. The highest BCUT2D eigenvalue weighted by Crippen LogP contribution is 2.18. The van der Waals surface area contributed by atoms with Crippen LogP contribution in [0.1, 0.15) is 123 Å². The molecule has 1 unspecified atom stereocenters. The molecular weight excluding hydrogens is 326 g/mol. The Morgan fingerprint density at radius 2 is 1.12 bits per heavy atom. The third kappa shape index (κ3) is 13.6. The molecule has 0 amide bonds. The van der Waals surface area contributed by atoms with E-state index in [1.165, 1.54) is 89.9 Å². The number of likely N-dealkylation sites (N-methyl/N-ethyl adjacent to an activating group) is 1. The van der Waals surface area contributed by atoms with Gasteiger partial charge in [-0.1, -0.05) is 110 Å². The maximum Gasteiger partial charge on any atom is 0.361 e. The first kappa shape index (κ1) is 25.4. The van der Waals surface area contributed by atoms with Gasteiger partial charge in [-0.3, -0.25) is 4.89 Å². The van der Waals surface area contributed by atoms with Crippen molar-refractivity contribution in [2.45, 2.75) is 129 Å². The van der Waals surface area contributed by atoms with E-state index in [-0.39, 0.29) is 0 Å². The molecule has 0 aromatic carbocycles. The molecule has 1 atom stereocenters. The summed E-state index contributed by atoms with van der Waals surface area (Å²) in [6.45, 7) is 4.05. The van der Waals surface area contributed by atoms with Gasteiger partial charge in [0, 0.05) is 0 Å². The summed E-state index contributed by atoms with van der Waals surface area (Å²) in [5.41, 5.74) is -0.773. The van der Waals surface area contributed by atoms with Crippen LogP contribution in [0.5, 0.6) is 0 Å². The van der Waals surface area contributed by atoms with E-state index in [1.54, 1.807) is 14.0 Å². The summed E-state index contributed by atoms with van der Waals surface area (Å²) in [6, 6.07) is 0. The van der Waals surface area contributed by atoms with Crippen molar-refractivity contribution in [1.82, 2.24) is 5.32 Å². The maximum atomic E-state index is 11.5. The molecule has 0 spiro atoms. The fourth-order valence-corrected chi connectivity index (χ4v) is 3.46. The monoisotopic (exact) mass is 371 g/mol. The van der Waals surface area contributed by atoms with E-state index in [1.807, 2.05) is 0 Å². The van der Waals surface area contributed by atoms with E-state index in [4.69, 9.17) is 5.26 Å². The van der Waals surface area contributed by atoms with Crippen LogP contribution in [0, 0.1) is 0 Å². The molecule has 0 fully saturated rings. The fraction of sp³-hybridized carbons (Fsp3) is 0.955. The number of carbonyl (C=O) groups excluding carboxylic acids is 1. The third-order valence-corrected chi connectivity index (χ3v) is 5.62. The van der Waals surface area contributed by atoms with Crippen molar-refractivity contribution < 1.29 is 14.9 Å². The van der Waals surface area contributed by atoms with Crippen molar-refractivity contribution in [1.29, 1.82) is 0 Å². The van der Waals surface area contributed by atoms with Gasteiger partial charge in [0.1, 0.15) is 5.54 Å². The number of carbonyl (C=O) groups is 1. The van der Waals surface area contributed by atoms with Gasteiger partial charge in [-0.05, 0) is 20.4 Å². The Hall–Kier alpha value is -0.610. The lowest BCUT2D eigenvalue weighted by Crippen LogP contribution is -2.48. The van der Waals surface area contributed by atoms with Crippen LogP contribution in [0.4, 0.5) is 0 Å². The number of hydrogen-bond donors (Lipinski definition) is 2. The van der Waals surface area contributed by atoms with Gasteiger partial charge in [0.15, 0.2) is 0 Å².